The highest BCUT2D eigenvalue weighted by molar-refractivity contribution is 6.32. The molecule has 5 heteroatoms. The molecular formula is C13H14ClNO3. The number of methoxy groups -OCH3 is 2. The Morgan fingerprint density at radius 3 is 2.61 bits per heavy atom. The molecule has 4 nitrogen and oxygen atoms in total. The van der Waals surface area contributed by atoms with E-state index in [1.807, 2.05) is 6.07 Å². The Bertz CT molecular complexity index is 511. The SMILES string of the molecule is COc1cc(OC)c(NCc2ccoc2)cc1Cl. The van der Waals surface area contributed by atoms with Gasteiger partial charge in [0, 0.05) is 18.2 Å². The van der Waals surface area contributed by atoms with Crippen molar-refractivity contribution in [2.75, 3.05) is 19.5 Å². The Morgan fingerprint density at radius 1 is 1.22 bits per heavy atom. The van der Waals surface area contributed by atoms with Crippen molar-refractivity contribution in [1.82, 2.24) is 0 Å². The Morgan fingerprint density at radius 2 is 2.00 bits per heavy atom. The Labute approximate surface area is 110 Å². The number of furan rings is 1. The van der Waals surface area contributed by atoms with Crippen molar-refractivity contribution in [3.63, 3.8) is 0 Å². The summed E-state index contributed by atoms with van der Waals surface area (Å²) in [7, 11) is 3.17. The van der Waals surface area contributed by atoms with Crippen LogP contribution in [0.1, 0.15) is 5.56 Å². The quantitative estimate of drug-likeness (QED) is 0.900. The summed E-state index contributed by atoms with van der Waals surface area (Å²) in [5.41, 5.74) is 1.86. The highest BCUT2D eigenvalue weighted by Crippen LogP contribution is 2.36. The predicted octanol–water partition coefficient (Wildman–Crippen LogP) is 3.56. The van der Waals surface area contributed by atoms with Crippen molar-refractivity contribution in [3.05, 3.63) is 41.3 Å². The lowest BCUT2D eigenvalue weighted by atomic mass is 10.2. The second kappa shape index (κ2) is 5.69. The molecule has 0 aliphatic rings. The molecule has 1 heterocycles. The number of nitrogens with one attached hydrogen (secondary N) is 1. The number of benzene rings is 1. The third-order valence-electron chi connectivity index (χ3n) is 2.54. The average molecular weight is 268 g/mol. The molecule has 0 atom stereocenters. The van der Waals surface area contributed by atoms with E-state index in [1.165, 1.54) is 0 Å². The Hall–Kier alpha value is -1.81. The van der Waals surface area contributed by atoms with Crippen LogP contribution < -0.4 is 14.8 Å². The molecule has 1 aromatic heterocycles. The molecule has 0 radical (unpaired) electrons. The van der Waals surface area contributed by atoms with Crippen molar-refractivity contribution in [1.29, 1.82) is 0 Å². The summed E-state index contributed by atoms with van der Waals surface area (Å²) in [6, 6.07) is 5.42. The van der Waals surface area contributed by atoms with Gasteiger partial charge in [0.1, 0.15) is 11.5 Å². The molecular weight excluding hydrogens is 254 g/mol. The van der Waals surface area contributed by atoms with Gasteiger partial charge in [-0.3, -0.25) is 0 Å². The molecule has 0 saturated heterocycles. The molecule has 2 aromatic rings. The van der Waals surface area contributed by atoms with E-state index >= 15 is 0 Å². The van der Waals surface area contributed by atoms with Gasteiger partial charge in [-0.15, -0.1) is 0 Å². The Kier molecular flexibility index (Phi) is 3.99. The van der Waals surface area contributed by atoms with Gasteiger partial charge in [-0.1, -0.05) is 11.6 Å². The van der Waals surface area contributed by atoms with Gasteiger partial charge in [-0.05, 0) is 12.1 Å². The highest BCUT2D eigenvalue weighted by atomic mass is 35.5. The van der Waals surface area contributed by atoms with Crippen LogP contribution in [-0.4, -0.2) is 14.2 Å². The zero-order valence-corrected chi connectivity index (χ0v) is 11.0. The standard InChI is InChI=1S/C13H14ClNO3/c1-16-12-6-13(17-2)11(5-10(12)14)15-7-9-3-4-18-8-9/h3-6,8,15H,7H2,1-2H3. The number of ether oxygens (including phenoxy) is 2. The summed E-state index contributed by atoms with van der Waals surface area (Å²) < 4.78 is 15.4. The molecule has 1 aromatic carbocycles. The van der Waals surface area contributed by atoms with Crippen LogP contribution in [0.5, 0.6) is 11.5 Å². The number of halogens is 1. The van der Waals surface area contributed by atoms with Crippen LogP contribution in [0, 0.1) is 0 Å². The van der Waals surface area contributed by atoms with Gasteiger partial charge in [0.15, 0.2) is 0 Å². The number of hydrogen-bond acceptors (Lipinski definition) is 4. The van der Waals surface area contributed by atoms with Gasteiger partial charge in [0.25, 0.3) is 0 Å². The smallest absolute Gasteiger partial charge is 0.145 e. The van der Waals surface area contributed by atoms with E-state index in [9.17, 15) is 0 Å². The summed E-state index contributed by atoms with van der Waals surface area (Å²) >= 11 is 6.08. The predicted molar refractivity (Wildman–Crippen MR) is 70.6 cm³/mol. The minimum Gasteiger partial charge on any atom is -0.495 e. The van der Waals surface area contributed by atoms with E-state index in [0.29, 0.717) is 23.1 Å². The van der Waals surface area contributed by atoms with E-state index < -0.39 is 0 Å². The fourth-order valence-corrected chi connectivity index (χ4v) is 1.83. The monoisotopic (exact) mass is 267 g/mol. The molecule has 0 amide bonds. The third kappa shape index (κ3) is 2.71. The summed E-state index contributed by atoms with van der Waals surface area (Å²) in [6.07, 6.45) is 3.32. The maximum Gasteiger partial charge on any atom is 0.145 e. The van der Waals surface area contributed by atoms with E-state index in [4.69, 9.17) is 25.5 Å². The van der Waals surface area contributed by atoms with Crippen molar-refractivity contribution in [3.8, 4) is 11.5 Å². The molecule has 96 valence electrons. The second-order valence-electron chi connectivity index (χ2n) is 3.67. The van der Waals surface area contributed by atoms with E-state index in [-0.39, 0.29) is 0 Å². The fraction of sp³-hybridized carbons (Fsp3) is 0.231. The van der Waals surface area contributed by atoms with Gasteiger partial charge in [0.2, 0.25) is 0 Å². The van der Waals surface area contributed by atoms with Gasteiger partial charge >= 0.3 is 0 Å². The topological polar surface area (TPSA) is 43.6 Å². The number of rotatable bonds is 5. The van der Waals surface area contributed by atoms with Crippen molar-refractivity contribution < 1.29 is 13.9 Å². The van der Waals surface area contributed by atoms with Gasteiger partial charge in [-0.2, -0.15) is 0 Å². The van der Waals surface area contributed by atoms with Crippen LogP contribution in [0.4, 0.5) is 5.69 Å². The zero-order valence-electron chi connectivity index (χ0n) is 10.2. The fourth-order valence-electron chi connectivity index (χ4n) is 1.59. The number of hydrogen-bond donors (Lipinski definition) is 1. The molecule has 0 saturated carbocycles. The largest absolute Gasteiger partial charge is 0.495 e. The van der Waals surface area contributed by atoms with Crippen LogP contribution in [0.3, 0.4) is 0 Å². The lowest BCUT2D eigenvalue weighted by Gasteiger charge is -2.13. The van der Waals surface area contributed by atoms with Crippen LogP contribution in [0.15, 0.2) is 35.1 Å². The van der Waals surface area contributed by atoms with Crippen LogP contribution >= 0.6 is 11.6 Å². The second-order valence-corrected chi connectivity index (χ2v) is 4.08. The number of anilines is 1. The first-order chi connectivity index (χ1) is 8.74. The Balaban J connectivity index is 2.18. The van der Waals surface area contributed by atoms with Crippen LogP contribution in [-0.2, 0) is 6.54 Å². The van der Waals surface area contributed by atoms with Gasteiger partial charge in [0.05, 0.1) is 37.5 Å². The van der Waals surface area contributed by atoms with Crippen LogP contribution in [0.25, 0.3) is 0 Å². The van der Waals surface area contributed by atoms with Crippen molar-refractivity contribution in [2.45, 2.75) is 6.54 Å². The molecule has 0 aliphatic heterocycles. The summed E-state index contributed by atoms with van der Waals surface area (Å²) in [6.45, 7) is 0.634. The highest BCUT2D eigenvalue weighted by Gasteiger charge is 2.09. The first-order valence-corrected chi connectivity index (χ1v) is 5.79. The maximum atomic E-state index is 6.08. The lowest BCUT2D eigenvalue weighted by molar-refractivity contribution is 0.395. The minimum absolute atomic E-state index is 0.535. The van der Waals surface area contributed by atoms with Gasteiger partial charge < -0.3 is 19.2 Å². The van der Waals surface area contributed by atoms with Crippen molar-refractivity contribution >= 4 is 17.3 Å². The molecule has 0 aliphatic carbocycles. The van der Waals surface area contributed by atoms with Crippen LogP contribution in [0.2, 0.25) is 5.02 Å². The molecule has 0 bridgehead atoms. The normalized spacial score (nSPS) is 10.2. The minimum atomic E-state index is 0.535. The maximum absolute atomic E-state index is 6.08. The van der Waals surface area contributed by atoms with E-state index in [2.05, 4.69) is 5.32 Å². The summed E-state index contributed by atoms with van der Waals surface area (Å²) in [4.78, 5) is 0. The van der Waals surface area contributed by atoms with E-state index in [1.54, 1.807) is 38.9 Å². The third-order valence-corrected chi connectivity index (χ3v) is 2.83. The molecule has 1 N–H and O–H groups in total. The molecule has 2 rings (SSSR count). The molecule has 0 unspecified atom stereocenters. The van der Waals surface area contributed by atoms with E-state index in [0.717, 1.165) is 11.3 Å². The average Bonchev–Trinajstić information content (AvgIpc) is 2.89. The molecule has 18 heavy (non-hydrogen) atoms. The van der Waals surface area contributed by atoms with Gasteiger partial charge in [-0.25, -0.2) is 0 Å². The molecule has 0 spiro atoms. The lowest BCUT2D eigenvalue weighted by Crippen LogP contribution is -2.01. The molecule has 0 fully saturated rings. The summed E-state index contributed by atoms with van der Waals surface area (Å²) in [5, 5.41) is 3.77. The first-order valence-electron chi connectivity index (χ1n) is 5.41. The first kappa shape index (κ1) is 12.6. The zero-order chi connectivity index (χ0) is 13.0. The summed E-state index contributed by atoms with van der Waals surface area (Å²) in [5.74, 6) is 1.27. The van der Waals surface area contributed by atoms with Crippen molar-refractivity contribution in [2.24, 2.45) is 0 Å².